The van der Waals surface area contributed by atoms with E-state index in [2.05, 4.69) is 19.2 Å². The zero-order valence-corrected chi connectivity index (χ0v) is 12.9. The Morgan fingerprint density at radius 2 is 2.10 bits per heavy atom. The molecule has 1 atom stereocenters. The van der Waals surface area contributed by atoms with Crippen molar-refractivity contribution in [2.24, 2.45) is 0 Å². The summed E-state index contributed by atoms with van der Waals surface area (Å²) in [5.74, 6) is 0.821. The first-order valence-electron chi connectivity index (χ1n) is 6.92. The predicted molar refractivity (Wildman–Crippen MR) is 82.6 cm³/mol. The van der Waals surface area contributed by atoms with E-state index in [1.54, 1.807) is 0 Å². The molecule has 0 spiro atoms. The monoisotopic (exact) mass is 298 g/mol. The summed E-state index contributed by atoms with van der Waals surface area (Å²) in [4.78, 5) is 14.0. The van der Waals surface area contributed by atoms with Gasteiger partial charge in [-0.2, -0.15) is 0 Å². The van der Waals surface area contributed by atoms with Crippen molar-refractivity contribution in [3.8, 4) is 5.75 Å². The minimum Gasteiger partial charge on any atom is -0.484 e. The third-order valence-electron chi connectivity index (χ3n) is 3.52. The van der Waals surface area contributed by atoms with Crippen LogP contribution in [0.15, 0.2) is 24.3 Å². The van der Waals surface area contributed by atoms with Crippen LogP contribution in [0.25, 0.3) is 0 Å². The highest BCUT2D eigenvalue weighted by molar-refractivity contribution is 5.85. The van der Waals surface area contributed by atoms with E-state index in [1.165, 1.54) is 5.56 Å². The van der Waals surface area contributed by atoms with Crippen LogP contribution < -0.4 is 10.1 Å². The Labute approximate surface area is 126 Å². The summed E-state index contributed by atoms with van der Waals surface area (Å²) < 4.78 is 5.56. The summed E-state index contributed by atoms with van der Waals surface area (Å²) in [6.07, 6.45) is 1.01. The number of benzene rings is 1. The van der Waals surface area contributed by atoms with Gasteiger partial charge in [-0.1, -0.05) is 19.1 Å². The largest absolute Gasteiger partial charge is 0.484 e. The van der Waals surface area contributed by atoms with Crippen molar-refractivity contribution in [3.63, 3.8) is 0 Å². The maximum atomic E-state index is 12.1. The minimum absolute atomic E-state index is 0. The second-order valence-electron chi connectivity index (χ2n) is 4.93. The molecule has 112 valence electrons. The van der Waals surface area contributed by atoms with Crippen LogP contribution >= 0.6 is 12.4 Å². The molecule has 0 bridgehead atoms. The Morgan fingerprint density at radius 1 is 1.40 bits per heavy atom. The third kappa shape index (κ3) is 4.39. The van der Waals surface area contributed by atoms with Crippen LogP contribution in [-0.2, 0) is 11.2 Å². The molecule has 1 saturated heterocycles. The van der Waals surface area contributed by atoms with Crippen LogP contribution in [0.4, 0.5) is 0 Å². The average Bonchev–Trinajstić information content (AvgIpc) is 2.46. The SMILES string of the molecule is CCc1ccc(OCC(=O)N2CCNC[C@H]2C)cc1.Cl. The molecule has 0 unspecified atom stereocenters. The number of nitrogens with zero attached hydrogens (tertiary/aromatic N) is 1. The van der Waals surface area contributed by atoms with E-state index >= 15 is 0 Å². The number of halogens is 1. The van der Waals surface area contributed by atoms with Gasteiger partial charge in [0.15, 0.2) is 6.61 Å². The van der Waals surface area contributed by atoms with Gasteiger partial charge in [-0.3, -0.25) is 4.79 Å². The molecule has 5 heteroatoms. The smallest absolute Gasteiger partial charge is 0.260 e. The normalized spacial score (nSPS) is 18.3. The van der Waals surface area contributed by atoms with Crippen LogP contribution in [0.1, 0.15) is 19.4 Å². The number of ether oxygens (including phenoxy) is 1. The van der Waals surface area contributed by atoms with Gasteiger partial charge < -0.3 is 15.0 Å². The van der Waals surface area contributed by atoms with E-state index in [1.807, 2.05) is 29.2 Å². The van der Waals surface area contributed by atoms with Crippen molar-refractivity contribution >= 4 is 18.3 Å². The molecule has 0 saturated carbocycles. The summed E-state index contributed by atoms with van der Waals surface area (Å²) in [6.45, 7) is 6.78. The number of piperazine rings is 1. The molecule has 1 N–H and O–H groups in total. The lowest BCUT2D eigenvalue weighted by Gasteiger charge is -2.33. The molecule has 1 fully saturated rings. The first kappa shape index (κ1) is 16.8. The van der Waals surface area contributed by atoms with Gasteiger partial charge in [0.1, 0.15) is 5.75 Å². The maximum absolute atomic E-state index is 12.1. The lowest BCUT2D eigenvalue weighted by molar-refractivity contribution is -0.136. The highest BCUT2D eigenvalue weighted by Crippen LogP contribution is 2.13. The summed E-state index contributed by atoms with van der Waals surface area (Å²) in [6, 6.07) is 8.16. The van der Waals surface area contributed by atoms with Gasteiger partial charge in [0.2, 0.25) is 0 Å². The standard InChI is InChI=1S/C15H22N2O2.ClH/c1-3-13-4-6-14(7-5-13)19-11-15(18)17-9-8-16-10-12(17)2;/h4-7,12,16H,3,8-11H2,1-2H3;1H/t12-;/m1./s1. The fourth-order valence-corrected chi connectivity index (χ4v) is 2.26. The van der Waals surface area contributed by atoms with Crippen LogP contribution in [-0.4, -0.2) is 43.1 Å². The fourth-order valence-electron chi connectivity index (χ4n) is 2.26. The number of carbonyl (C=O) groups excluding carboxylic acids is 1. The van der Waals surface area contributed by atoms with Gasteiger partial charge in [-0.15, -0.1) is 12.4 Å². The molecule has 1 aromatic carbocycles. The van der Waals surface area contributed by atoms with Crippen molar-refractivity contribution in [3.05, 3.63) is 29.8 Å². The fraction of sp³-hybridized carbons (Fsp3) is 0.533. The van der Waals surface area contributed by atoms with Gasteiger partial charge in [0, 0.05) is 25.7 Å². The van der Waals surface area contributed by atoms with Crippen molar-refractivity contribution in [2.75, 3.05) is 26.2 Å². The Balaban J connectivity index is 0.00000200. The van der Waals surface area contributed by atoms with E-state index in [0.717, 1.165) is 31.8 Å². The molecule has 2 rings (SSSR count). The molecular weight excluding hydrogens is 276 g/mol. The number of carbonyl (C=O) groups is 1. The molecule has 0 aliphatic carbocycles. The molecule has 0 radical (unpaired) electrons. The molecule has 4 nitrogen and oxygen atoms in total. The molecule has 1 heterocycles. The Hall–Kier alpha value is -1.26. The van der Waals surface area contributed by atoms with Gasteiger partial charge in [-0.25, -0.2) is 0 Å². The molecule has 1 aromatic rings. The summed E-state index contributed by atoms with van der Waals surface area (Å²) in [5, 5.41) is 3.27. The quantitative estimate of drug-likeness (QED) is 0.923. The van der Waals surface area contributed by atoms with Crippen molar-refractivity contribution in [1.29, 1.82) is 0 Å². The van der Waals surface area contributed by atoms with Gasteiger partial charge in [-0.05, 0) is 31.0 Å². The van der Waals surface area contributed by atoms with E-state index in [0.29, 0.717) is 0 Å². The van der Waals surface area contributed by atoms with Crippen LogP contribution in [0.3, 0.4) is 0 Å². The number of nitrogens with one attached hydrogen (secondary N) is 1. The molecule has 20 heavy (non-hydrogen) atoms. The van der Waals surface area contributed by atoms with Crippen LogP contribution in [0.2, 0.25) is 0 Å². The van der Waals surface area contributed by atoms with Crippen LogP contribution in [0, 0.1) is 0 Å². The van der Waals surface area contributed by atoms with Crippen molar-refractivity contribution in [2.45, 2.75) is 26.3 Å². The lowest BCUT2D eigenvalue weighted by Crippen LogP contribution is -2.53. The van der Waals surface area contributed by atoms with Gasteiger partial charge >= 0.3 is 0 Å². The van der Waals surface area contributed by atoms with Crippen molar-refractivity contribution in [1.82, 2.24) is 10.2 Å². The Bertz CT molecular complexity index is 422. The van der Waals surface area contributed by atoms with Crippen molar-refractivity contribution < 1.29 is 9.53 Å². The minimum atomic E-state index is 0. The summed E-state index contributed by atoms with van der Waals surface area (Å²) in [7, 11) is 0. The molecule has 0 aromatic heterocycles. The van der Waals surface area contributed by atoms with Gasteiger partial charge in [0.25, 0.3) is 5.91 Å². The first-order chi connectivity index (χ1) is 9.20. The van der Waals surface area contributed by atoms with E-state index in [-0.39, 0.29) is 31.0 Å². The molecular formula is C15H23ClN2O2. The zero-order chi connectivity index (χ0) is 13.7. The average molecular weight is 299 g/mol. The maximum Gasteiger partial charge on any atom is 0.260 e. The lowest BCUT2D eigenvalue weighted by atomic mass is 10.2. The van der Waals surface area contributed by atoms with E-state index in [9.17, 15) is 4.79 Å². The first-order valence-corrected chi connectivity index (χ1v) is 6.92. The Morgan fingerprint density at radius 3 is 2.70 bits per heavy atom. The second kappa shape index (κ2) is 8.12. The van der Waals surface area contributed by atoms with E-state index < -0.39 is 0 Å². The number of aryl methyl sites for hydroxylation is 1. The highest BCUT2D eigenvalue weighted by atomic mass is 35.5. The third-order valence-corrected chi connectivity index (χ3v) is 3.52. The summed E-state index contributed by atoms with van der Waals surface area (Å²) >= 11 is 0. The number of amides is 1. The number of hydrogen-bond donors (Lipinski definition) is 1. The molecule has 1 aliphatic heterocycles. The van der Waals surface area contributed by atoms with E-state index in [4.69, 9.17) is 4.74 Å². The predicted octanol–water partition coefficient (Wildman–Crippen LogP) is 1.87. The second-order valence-corrected chi connectivity index (χ2v) is 4.93. The van der Waals surface area contributed by atoms with Crippen LogP contribution in [0.5, 0.6) is 5.75 Å². The van der Waals surface area contributed by atoms with Gasteiger partial charge in [0.05, 0.1) is 0 Å². The molecule has 1 amide bonds. The number of rotatable bonds is 4. The Kier molecular flexibility index (Phi) is 6.82. The topological polar surface area (TPSA) is 41.6 Å². The number of hydrogen-bond acceptors (Lipinski definition) is 3. The zero-order valence-electron chi connectivity index (χ0n) is 12.1. The molecule has 1 aliphatic rings. The highest BCUT2D eigenvalue weighted by Gasteiger charge is 2.22. The summed E-state index contributed by atoms with van der Waals surface area (Å²) in [5.41, 5.74) is 1.27.